The minimum Gasteiger partial charge on any atom is -0.395 e. The molecule has 0 fully saturated rings. The van der Waals surface area contributed by atoms with Crippen LogP contribution in [0.4, 0.5) is 13.2 Å². The zero-order valence-electron chi connectivity index (χ0n) is 9.82. The molecule has 0 amide bonds. The summed E-state index contributed by atoms with van der Waals surface area (Å²) in [5.41, 5.74) is 0. The minimum atomic E-state index is -4.20. The lowest BCUT2D eigenvalue weighted by Gasteiger charge is -2.17. The molecule has 0 aliphatic heterocycles. The molecule has 1 unspecified atom stereocenters. The smallest absolute Gasteiger partial charge is 0.395 e. The van der Waals surface area contributed by atoms with Crippen molar-refractivity contribution in [3.8, 4) is 0 Å². The minimum absolute atomic E-state index is 0.232. The van der Waals surface area contributed by atoms with Crippen molar-refractivity contribution >= 4 is 0 Å². The maximum atomic E-state index is 11.9. The second-order valence-corrected chi connectivity index (χ2v) is 4.08. The van der Waals surface area contributed by atoms with E-state index in [1.807, 2.05) is 0 Å². The summed E-state index contributed by atoms with van der Waals surface area (Å²) in [6.07, 6.45) is 1.74. The van der Waals surface area contributed by atoms with Crippen LogP contribution in [0.3, 0.4) is 0 Å². The van der Waals surface area contributed by atoms with Gasteiger partial charge in [-0.15, -0.1) is 0 Å². The van der Waals surface area contributed by atoms with Crippen LogP contribution in [0.15, 0.2) is 0 Å². The largest absolute Gasteiger partial charge is 0.401 e. The fraction of sp³-hybridized carbons (Fsp3) is 1.00. The molecule has 5 heteroatoms. The highest BCUT2D eigenvalue weighted by atomic mass is 19.4. The summed E-state index contributed by atoms with van der Waals surface area (Å²) < 4.78 is 35.7. The first-order valence-corrected chi connectivity index (χ1v) is 5.90. The van der Waals surface area contributed by atoms with E-state index in [1.54, 1.807) is 0 Å². The Morgan fingerprint density at radius 1 is 1.12 bits per heavy atom. The van der Waals surface area contributed by atoms with Gasteiger partial charge < -0.3 is 10.4 Å². The van der Waals surface area contributed by atoms with Crippen molar-refractivity contribution in [2.24, 2.45) is 0 Å². The highest BCUT2D eigenvalue weighted by molar-refractivity contribution is 4.68. The molecule has 0 heterocycles. The van der Waals surface area contributed by atoms with Crippen molar-refractivity contribution in [3.05, 3.63) is 0 Å². The molecule has 16 heavy (non-hydrogen) atoms. The molecule has 0 bridgehead atoms. The number of aliphatic hydroxyl groups excluding tert-OH is 1. The van der Waals surface area contributed by atoms with Crippen molar-refractivity contribution in [1.29, 1.82) is 0 Å². The Kier molecular flexibility index (Phi) is 8.66. The standard InChI is InChI=1S/C11H22F3NO/c1-2-3-4-5-6-7-10(8-16)15-9-11(12,13)14/h10,15-16H,2-9H2,1H3. The van der Waals surface area contributed by atoms with Gasteiger partial charge in [-0.25, -0.2) is 0 Å². The van der Waals surface area contributed by atoms with Crippen LogP contribution in [0.25, 0.3) is 0 Å². The molecule has 0 aliphatic rings. The maximum Gasteiger partial charge on any atom is 0.401 e. The van der Waals surface area contributed by atoms with Crippen LogP contribution < -0.4 is 5.32 Å². The third kappa shape index (κ3) is 10.2. The van der Waals surface area contributed by atoms with E-state index < -0.39 is 18.8 Å². The first-order valence-electron chi connectivity index (χ1n) is 5.90. The number of hydrogen-bond acceptors (Lipinski definition) is 2. The van der Waals surface area contributed by atoms with Gasteiger partial charge >= 0.3 is 6.18 Å². The average Bonchev–Trinajstić information content (AvgIpc) is 2.21. The molecular weight excluding hydrogens is 219 g/mol. The summed E-state index contributed by atoms with van der Waals surface area (Å²) in [7, 11) is 0. The lowest BCUT2D eigenvalue weighted by Crippen LogP contribution is -2.39. The number of rotatable bonds is 9. The van der Waals surface area contributed by atoms with Crippen molar-refractivity contribution in [2.45, 2.75) is 57.7 Å². The van der Waals surface area contributed by atoms with Gasteiger partial charge in [0.1, 0.15) is 0 Å². The van der Waals surface area contributed by atoms with Crippen molar-refractivity contribution < 1.29 is 18.3 Å². The molecule has 0 saturated carbocycles. The molecule has 98 valence electrons. The first kappa shape index (κ1) is 15.7. The van der Waals surface area contributed by atoms with Crippen molar-refractivity contribution in [2.75, 3.05) is 13.2 Å². The Hall–Kier alpha value is -0.290. The van der Waals surface area contributed by atoms with Crippen LogP contribution in [0, 0.1) is 0 Å². The molecule has 0 rings (SSSR count). The molecule has 0 spiro atoms. The van der Waals surface area contributed by atoms with Gasteiger partial charge in [0.25, 0.3) is 0 Å². The summed E-state index contributed by atoms with van der Waals surface area (Å²) >= 11 is 0. The monoisotopic (exact) mass is 241 g/mol. The molecule has 2 N–H and O–H groups in total. The Labute approximate surface area is 95.2 Å². The number of unbranched alkanes of at least 4 members (excludes halogenated alkanes) is 4. The topological polar surface area (TPSA) is 32.3 Å². The lowest BCUT2D eigenvalue weighted by molar-refractivity contribution is -0.126. The SMILES string of the molecule is CCCCCCCC(CO)NCC(F)(F)F. The van der Waals surface area contributed by atoms with Gasteiger partial charge in [0.15, 0.2) is 0 Å². The van der Waals surface area contributed by atoms with Crippen LogP contribution in [0.1, 0.15) is 45.4 Å². The van der Waals surface area contributed by atoms with E-state index in [1.165, 1.54) is 6.42 Å². The molecule has 0 aliphatic carbocycles. The van der Waals surface area contributed by atoms with Crippen molar-refractivity contribution in [3.63, 3.8) is 0 Å². The molecular formula is C11H22F3NO. The fourth-order valence-electron chi connectivity index (χ4n) is 1.51. The molecule has 0 aromatic heterocycles. The Balaban J connectivity index is 3.52. The summed E-state index contributed by atoms with van der Waals surface area (Å²) in [5, 5.41) is 11.2. The van der Waals surface area contributed by atoms with Crippen LogP contribution in [-0.2, 0) is 0 Å². The number of hydrogen-bond donors (Lipinski definition) is 2. The Bertz CT molecular complexity index is 162. The number of nitrogens with one attached hydrogen (secondary N) is 1. The van der Waals surface area contributed by atoms with Gasteiger partial charge in [0.05, 0.1) is 13.2 Å². The molecule has 0 radical (unpaired) electrons. The van der Waals surface area contributed by atoms with Crippen LogP contribution >= 0.6 is 0 Å². The second-order valence-electron chi connectivity index (χ2n) is 4.08. The molecule has 0 aromatic carbocycles. The molecule has 2 nitrogen and oxygen atoms in total. The average molecular weight is 241 g/mol. The predicted octanol–water partition coefficient (Wildman–Crippen LogP) is 2.86. The van der Waals surface area contributed by atoms with E-state index in [0.717, 1.165) is 25.7 Å². The van der Waals surface area contributed by atoms with E-state index in [4.69, 9.17) is 5.11 Å². The van der Waals surface area contributed by atoms with E-state index in [9.17, 15) is 13.2 Å². The highest BCUT2D eigenvalue weighted by Crippen LogP contribution is 2.13. The highest BCUT2D eigenvalue weighted by Gasteiger charge is 2.27. The van der Waals surface area contributed by atoms with Crippen LogP contribution in [-0.4, -0.2) is 30.5 Å². The normalized spacial score (nSPS) is 14.1. The van der Waals surface area contributed by atoms with E-state index >= 15 is 0 Å². The van der Waals surface area contributed by atoms with Gasteiger partial charge in [0, 0.05) is 6.04 Å². The summed E-state index contributed by atoms with van der Waals surface area (Å²) in [4.78, 5) is 0. The summed E-state index contributed by atoms with van der Waals surface area (Å²) in [6.45, 7) is 0.860. The van der Waals surface area contributed by atoms with E-state index in [2.05, 4.69) is 12.2 Å². The fourth-order valence-corrected chi connectivity index (χ4v) is 1.51. The number of aliphatic hydroxyl groups is 1. The van der Waals surface area contributed by atoms with Gasteiger partial charge in [-0.3, -0.25) is 0 Å². The predicted molar refractivity (Wildman–Crippen MR) is 58.3 cm³/mol. The van der Waals surface area contributed by atoms with Gasteiger partial charge in [-0.05, 0) is 6.42 Å². The Morgan fingerprint density at radius 3 is 2.25 bits per heavy atom. The van der Waals surface area contributed by atoms with Crippen molar-refractivity contribution in [1.82, 2.24) is 5.32 Å². The third-order valence-corrected chi connectivity index (χ3v) is 2.47. The quantitative estimate of drug-likeness (QED) is 0.608. The molecule has 0 saturated heterocycles. The zero-order valence-corrected chi connectivity index (χ0v) is 9.82. The van der Waals surface area contributed by atoms with Crippen LogP contribution in [0.5, 0.6) is 0 Å². The number of alkyl halides is 3. The second kappa shape index (κ2) is 8.82. The molecule has 0 aromatic rings. The third-order valence-electron chi connectivity index (χ3n) is 2.47. The summed E-state index contributed by atoms with van der Waals surface area (Å²) in [6, 6.07) is -0.428. The van der Waals surface area contributed by atoms with E-state index in [0.29, 0.717) is 6.42 Å². The van der Waals surface area contributed by atoms with E-state index in [-0.39, 0.29) is 6.61 Å². The Morgan fingerprint density at radius 2 is 1.75 bits per heavy atom. The zero-order chi connectivity index (χ0) is 12.4. The lowest BCUT2D eigenvalue weighted by atomic mass is 10.1. The summed E-state index contributed by atoms with van der Waals surface area (Å²) in [5.74, 6) is 0. The van der Waals surface area contributed by atoms with Gasteiger partial charge in [-0.2, -0.15) is 13.2 Å². The van der Waals surface area contributed by atoms with Crippen LogP contribution in [0.2, 0.25) is 0 Å². The van der Waals surface area contributed by atoms with Gasteiger partial charge in [0.2, 0.25) is 0 Å². The first-order chi connectivity index (χ1) is 7.49. The number of halogens is 3. The maximum absolute atomic E-state index is 11.9. The molecule has 1 atom stereocenters. The van der Waals surface area contributed by atoms with Gasteiger partial charge in [-0.1, -0.05) is 39.0 Å².